The summed E-state index contributed by atoms with van der Waals surface area (Å²) < 4.78 is 5.41. The van der Waals surface area contributed by atoms with E-state index in [9.17, 15) is 14.4 Å². The smallest absolute Gasteiger partial charge is 0.328 e. The molecule has 1 aliphatic heterocycles. The highest BCUT2D eigenvalue weighted by atomic mass is 32.1. The third kappa shape index (κ3) is 8.04. The predicted molar refractivity (Wildman–Crippen MR) is 122 cm³/mol. The van der Waals surface area contributed by atoms with Crippen LogP contribution in [0.1, 0.15) is 46.1 Å². The SMILES string of the molecule is Cc1nnc(NC(=O)c2cccc(C3CC3NC3CCOCC3)c2)s1.O=C(O)C=CC(=O)O. The second kappa shape index (κ2) is 11.6. The van der Waals surface area contributed by atoms with Crippen molar-refractivity contribution in [3.05, 3.63) is 52.6 Å². The van der Waals surface area contributed by atoms with Gasteiger partial charge < -0.3 is 20.3 Å². The molecule has 1 aromatic heterocycles. The van der Waals surface area contributed by atoms with Crippen molar-refractivity contribution in [1.29, 1.82) is 0 Å². The van der Waals surface area contributed by atoms with Gasteiger partial charge in [0.2, 0.25) is 5.13 Å². The second-order valence-corrected chi connectivity index (χ2v) is 8.90. The minimum atomic E-state index is -1.26. The van der Waals surface area contributed by atoms with E-state index in [0.29, 0.717) is 40.8 Å². The van der Waals surface area contributed by atoms with Crippen LogP contribution in [0.5, 0.6) is 0 Å². The predicted octanol–water partition coefficient (Wildman–Crippen LogP) is 2.44. The Labute approximate surface area is 194 Å². The molecule has 2 heterocycles. The van der Waals surface area contributed by atoms with E-state index in [2.05, 4.69) is 26.9 Å². The monoisotopic (exact) mass is 474 g/mol. The van der Waals surface area contributed by atoms with Gasteiger partial charge in [0.25, 0.3) is 5.91 Å². The number of nitrogens with one attached hydrogen (secondary N) is 2. The van der Waals surface area contributed by atoms with Crippen molar-refractivity contribution in [1.82, 2.24) is 15.5 Å². The Morgan fingerprint density at radius 1 is 1.12 bits per heavy atom. The molecule has 11 heteroatoms. The van der Waals surface area contributed by atoms with Gasteiger partial charge in [0.15, 0.2) is 0 Å². The number of carboxylic acids is 2. The molecule has 4 N–H and O–H groups in total. The van der Waals surface area contributed by atoms with E-state index in [1.807, 2.05) is 25.1 Å². The Morgan fingerprint density at radius 2 is 1.82 bits per heavy atom. The molecule has 2 unspecified atom stereocenters. The van der Waals surface area contributed by atoms with Crippen LogP contribution in [0.15, 0.2) is 36.4 Å². The number of anilines is 1. The first-order valence-corrected chi connectivity index (χ1v) is 11.3. The molecule has 10 nitrogen and oxygen atoms in total. The number of hydrogen-bond donors (Lipinski definition) is 4. The van der Waals surface area contributed by atoms with E-state index in [4.69, 9.17) is 14.9 Å². The molecule has 4 rings (SSSR count). The molecule has 2 atom stereocenters. The van der Waals surface area contributed by atoms with Crippen LogP contribution in [0.2, 0.25) is 0 Å². The van der Waals surface area contributed by atoms with Gasteiger partial charge in [0.05, 0.1) is 0 Å². The Kier molecular flexibility index (Phi) is 8.64. The van der Waals surface area contributed by atoms with Gasteiger partial charge in [-0.1, -0.05) is 23.5 Å². The van der Waals surface area contributed by atoms with Crippen LogP contribution in [-0.4, -0.2) is 63.6 Å². The van der Waals surface area contributed by atoms with Gasteiger partial charge in [-0.25, -0.2) is 9.59 Å². The van der Waals surface area contributed by atoms with E-state index < -0.39 is 11.9 Å². The van der Waals surface area contributed by atoms with Gasteiger partial charge in [-0.05, 0) is 43.9 Å². The van der Waals surface area contributed by atoms with Crippen molar-refractivity contribution in [3.8, 4) is 0 Å². The lowest BCUT2D eigenvalue weighted by molar-refractivity contribution is -0.134. The van der Waals surface area contributed by atoms with E-state index in [1.54, 1.807) is 0 Å². The summed E-state index contributed by atoms with van der Waals surface area (Å²) in [4.78, 5) is 31.5. The second-order valence-electron chi connectivity index (χ2n) is 7.72. The topological polar surface area (TPSA) is 151 Å². The van der Waals surface area contributed by atoms with E-state index in [1.165, 1.54) is 16.9 Å². The van der Waals surface area contributed by atoms with Crippen LogP contribution < -0.4 is 10.6 Å². The minimum Gasteiger partial charge on any atom is -0.478 e. The average molecular weight is 475 g/mol. The van der Waals surface area contributed by atoms with Crippen molar-refractivity contribution in [2.45, 2.75) is 44.2 Å². The number of aliphatic carboxylic acids is 2. The van der Waals surface area contributed by atoms with Crippen molar-refractivity contribution in [3.63, 3.8) is 0 Å². The van der Waals surface area contributed by atoms with E-state index in [-0.39, 0.29) is 5.91 Å². The third-order valence-corrected chi connectivity index (χ3v) is 5.91. The van der Waals surface area contributed by atoms with Gasteiger partial charge in [-0.3, -0.25) is 10.1 Å². The van der Waals surface area contributed by atoms with Crippen LogP contribution in [0.25, 0.3) is 0 Å². The summed E-state index contributed by atoms with van der Waals surface area (Å²) >= 11 is 1.38. The van der Waals surface area contributed by atoms with Crippen LogP contribution in [0, 0.1) is 6.92 Å². The standard InChI is InChI=1S/C18H22N4O2S.C4H4O4/c1-11-21-22-18(25-11)20-17(23)13-4-2-3-12(9-13)15-10-16(15)19-14-5-7-24-8-6-14;5-3(6)1-2-4(7)8/h2-4,9,14-16,19H,5-8,10H2,1H3,(H,20,22,23);1-2H,(H,5,6)(H,7,8). The molecule has 2 fully saturated rings. The molecule has 0 spiro atoms. The van der Waals surface area contributed by atoms with Crippen molar-refractivity contribution in [2.75, 3.05) is 18.5 Å². The number of rotatable bonds is 7. The molecular formula is C22H26N4O6S. The number of aromatic nitrogens is 2. The Balaban J connectivity index is 0.000000331. The molecule has 2 aliphatic rings. The molecule has 176 valence electrons. The number of benzene rings is 1. The largest absolute Gasteiger partial charge is 0.478 e. The first-order chi connectivity index (χ1) is 15.8. The number of carbonyl (C=O) groups is 3. The summed E-state index contributed by atoms with van der Waals surface area (Å²) in [6, 6.07) is 9.00. The highest BCUT2D eigenvalue weighted by molar-refractivity contribution is 7.15. The fourth-order valence-corrected chi connectivity index (χ4v) is 4.07. The summed E-state index contributed by atoms with van der Waals surface area (Å²) in [7, 11) is 0. The summed E-state index contributed by atoms with van der Waals surface area (Å²) in [6.07, 6.45) is 4.43. The number of aryl methyl sites for hydroxylation is 1. The summed E-state index contributed by atoms with van der Waals surface area (Å²) in [5.41, 5.74) is 1.90. The third-order valence-electron chi connectivity index (χ3n) is 5.15. The lowest BCUT2D eigenvalue weighted by Gasteiger charge is -2.23. The number of ether oxygens (including phenoxy) is 1. The molecule has 0 bridgehead atoms. The zero-order valence-electron chi connectivity index (χ0n) is 18.1. The highest BCUT2D eigenvalue weighted by Gasteiger charge is 2.39. The van der Waals surface area contributed by atoms with Crippen LogP contribution >= 0.6 is 11.3 Å². The van der Waals surface area contributed by atoms with Gasteiger partial charge in [0.1, 0.15) is 5.01 Å². The number of amides is 1. The van der Waals surface area contributed by atoms with Gasteiger partial charge in [0, 0.05) is 48.9 Å². The van der Waals surface area contributed by atoms with Crippen molar-refractivity contribution in [2.24, 2.45) is 0 Å². The number of hydrogen-bond acceptors (Lipinski definition) is 8. The molecular weight excluding hydrogens is 448 g/mol. The van der Waals surface area contributed by atoms with Crippen LogP contribution in [0.4, 0.5) is 5.13 Å². The van der Waals surface area contributed by atoms with Crippen molar-refractivity contribution >= 4 is 34.3 Å². The minimum absolute atomic E-state index is 0.132. The summed E-state index contributed by atoms with van der Waals surface area (Å²) in [5.74, 6) is -2.15. The molecule has 0 radical (unpaired) electrons. The Bertz CT molecular complexity index is 1000. The maximum atomic E-state index is 12.4. The van der Waals surface area contributed by atoms with Crippen LogP contribution in [0.3, 0.4) is 0 Å². The highest BCUT2D eigenvalue weighted by Crippen LogP contribution is 2.41. The quantitative estimate of drug-likeness (QED) is 0.444. The maximum Gasteiger partial charge on any atom is 0.328 e. The summed E-state index contributed by atoms with van der Waals surface area (Å²) in [5, 5.41) is 31.4. The number of carbonyl (C=O) groups excluding carboxylic acids is 1. The van der Waals surface area contributed by atoms with Gasteiger partial charge in [-0.15, -0.1) is 10.2 Å². The average Bonchev–Trinajstić information content (AvgIpc) is 3.44. The fourth-order valence-electron chi connectivity index (χ4n) is 3.48. The first kappa shape index (κ1) is 24.5. The molecule has 33 heavy (non-hydrogen) atoms. The number of carboxylic acid groups (broad SMARTS) is 2. The zero-order valence-corrected chi connectivity index (χ0v) is 18.9. The normalized spacial score (nSPS) is 20.0. The Hall–Kier alpha value is -3.15. The molecule has 1 saturated carbocycles. The van der Waals surface area contributed by atoms with Crippen molar-refractivity contribution < 1.29 is 29.3 Å². The van der Waals surface area contributed by atoms with Crippen LogP contribution in [-0.2, 0) is 14.3 Å². The zero-order chi connectivity index (χ0) is 23.8. The lowest BCUT2D eigenvalue weighted by atomic mass is 10.1. The molecule has 1 aliphatic carbocycles. The van der Waals surface area contributed by atoms with E-state index in [0.717, 1.165) is 37.5 Å². The van der Waals surface area contributed by atoms with Gasteiger partial charge in [-0.2, -0.15) is 0 Å². The molecule has 1 amide bonds. The Morgan fingerprint density at radius 3 is 2.42 bits per heavy atom. The maximum absolute atomic E-state index is 12.4. The lowest BCUT2D eigenvalue weighted by Crippen LogP contribution is -2.36. The number of nitrogens with zero attached hydrogens (tertiary/aromatic N) is 2. The fraction of sp³-hybridized carbons (Fsp3) is 0.409. The summed E-state index contributed by atoms with van der Waals surface area (Å²) in [6.45, 7) is 3.58. The molecule has 1 aromatic carbocycles. The molecule has 1 saturated heterocycles. The molecule has 2 aromatic rings. The van der Waals surface area contributed by atoms with Gasteiger partial charge >= 0.3 is 11.9 Å². The first-order valence-electron chi connectivity index (χ1n) is 10.5. The van der Waals surface area contributed by atoms with E-state index >= 15 is 0 Å².